The van der Waals surface area contributed by atoms with E-state index in [0.29, 0.717) is 29.5 Å². The predicted octanol–water partition coefficient (Wildman–Crippen LogP) is 5.13. The van der Waals surface area contributed by atoms with Gasteiger partial charge in [0.2, 0.25) is 0 Å². The van der Waals surface area contributed by atoms with Crippen LogP contribution in [0, 0.1) is 12.7 Å². The topological polar surface area (TPSA) is 66.8 Å². The summed E-state index contributed by atoms with van der Waals surface area (Å²) in [5.41, 5.74) is 4.70. The summed E-state index contributed by atoms with van der Waals surface area (Å²) in [7, 11) is 1.77. The number of aryl methyl sites for hydroxylation is 2. The first-order valence-electron chi connectivity index (χ1n) is 10.7. The number of amides is 1. The average molecular weight is 466 g/mol. The highest BCUT2D eigenvalue weighted by atomic mass is 35.5. The molecule has 0 unspecified atom stereocenters. The van der Waals surface area contributed by atoms with Gasteiger partial charge >= 0.3 is 0 Å². The molecule has 0 aliphatic carbocycles. The van der Waals surface area contributed by atoms with Gasteiger partial charge in [-0.05, 0) is 55.7 Å². The molecule has 0 saturated carbocycles. The standard InChI is InChI=1S/C25H25ClFN5O/c1-17-23(24(26)32(30-17)16-18-7-4-3-5-8-18)25(33)31(2)14-6-9-21-15-22(29-28-21)19-10-12-20(27)13-11-19/h3-5,7-8,10-13,15H,6,9,14,16H2,1-2H3,(H,28,29). The summed E-state index contributed by atoms with van der Waals surface area (Å²) < 4.78 is 14.8. The van der Waals surface area contributed by atoms with Crippen molar-refractivity contribution in [3.05, 3.63) is 94.1 Å². The zero-order chi connectivity index (χ0) is 23.4. The summed E-state index contributed by atoms with van der Waals surface area (Å²) in [6.07, 6.45) is 1.48. The van der Waals surface area contributed by atoms with Gasteiger partial charge in [0.15, 0.2) is 0 Å². The SMILES string of the molecule is Cc1nn(Cc2ccccc2)c(Cl)c1C(=O)N(C)CCCc1cc(-c2ccc(F)cc2)n[nH]1. The van der Waals surface area contributed by atoms with E-state index >= 15 is 0 Å². The Balaban J connectivity index is 1.35. The van der Waals surface area contributed by atoms with Crippen molar-refractivity contribution in [3.8, 4) is 11.3 Å². The van der Waals surface area contributed by atoms with Crippen molar-refractivity contribution in [2.75, 3.05) is 13.6 Å². The van der Waals surface area contributed by atoms with E-state index in [0.717, 1.165) is 35.4 Å². The molecule has 0 bridgehead atoms. The number of H-pyrrole nitrogens is 1. The van der Waals surface area contributed by atoms with Crippen LogP contribution in [0.1, 0.15) is 33.7 Å². The van der Waals surface area contributed by atoms with Gasteiger partial charge in [-0.15, -0.1) is 0 Å². The number of carbonyl (C=O) groups is 1. The Morgan fingerprint density at radius 1 is 1.15 bits per heavy atom. The Morgan fingerprint density at radius 3 is 2.61 bits per heavy atom. The number of halogens is 2. The zero-order valence-electron chi connectivity index (χ0n) is 18.6. The van der Waals surface area contributed by atoms with Gasteiger partial charge in [-0.3, -0.25) is 9.89 Å². The largest absolute Gasteiger partial charge is 0.342 e. The highest BCUT2D eigenvalue weighted by molar-refractivity contribution is 6.33. The van der Waals surface area contributed by atoms with Crippen LogP contribution in [-0.4, -0.2) is 44.4 Å². The second-order valence-electron chi connectivity index (χ2n) is 8.01. The smallest absolute Gasteiger partial charge is 0.258 e. The third-order valence-corrected chi connectivity index (χ3v) is 5.90. The van der Waals surface area contributed by atoms with Gasteiger partial charge in [-0.1, -0.05) is 41.9 Å². The van der Waals surface area contributed by atoms with Crippen molar-refractivity contribution in [2.45, 2.75) is 26.3 Å². The highest BCUT2D eigenvalue weighted by Gasteiger charge is 2.23. The number of carbonyl (C=O) groups excluding carboxylic acids is 1. The van der Waals surface area contributed by atoms with Gasteiger partial charge < -0.3 is 4.90 Å². The third kappa shape index (κ3) is 5.31. The predicted molar refractivity (Wildman–Crippen MR) is 127 cm³/mol. The molecule has 0 aliphatic heterocycles. The summed E-state index contributed by atoms with van der Waals surface area (Å²) in [6, 6.07) is 18.1. The fourth-order valence-corrected chi connectivity index (χ4v) is 4.03. The van der Waals surface area contributed by atoms with Crippen LogP contribution in [0.15, 0.2) is 60.7 Å². The van der Waals surface area contributed by atoms with Gasteiger partial charge in [0, 0.05) is 24.8 Å². The molecule has 2 heterocycles. The van der Waals surface area contributed by atoms with Crippen molar-refractivity contribution < 1.29 is 9.18 Å². The first-order valence-corrected chi connectivity index (χ1v) is 11.1. The Labute approximate surface area is 197 Å². The molecule has 2 aromatic carbocycles. The van der Waals surface area contributed by atoms with Crippen molar-refractivity contribution in [1.82, 2.24) is 24.9 Å². The van der Waals surface area contributed by atoms with Crippen molar-refractivity contribution in [1.29, 1.82) is 0 Å². The number of aromatic amines is 1. The van der Waals surface area contributed by atoms with Crippen LogP contribution < -0.4 is 0 Å². The molecule has 4 rings (SSSR count). The monoisotopic (exact) mass is 465 g/mol. The number of nitrogens with one attached hydrogen (secondary N) is 1. The van der Waals surface area contributed by atoms with E-state index in [9.17, 15) is 9.18 Å². The molecular formula is C25H25ClFN5O. The van der Waals surface area contributed by atoms with E-state index in [1.807, 2.05) is 36.4 Å². The lowest BCUT2D eigenvalue weighted by Gasteiger charge is -2.17. The lowest BCUT2D eigenvalue weighted by atomic mass is 10.1. The first kappa shape index (κ1) is 22.7. The van der Waals surface area contributed by atoms with Crippen molar-refractivity contribution in [2.24, 2.45) is 0 Å². The molecule has 1 amide bonds. The fraction of sp³-hybridized carbons (Fsp3) is 0.240. The third-order valence-electron chi connectivity index (χ3n) is 5.51. The lowest BCUT2D eigenvalue weighted by molar-refractivity contribution is 0.0793. The number of benzene rings is 2. The van der Waals surface area contributed by atoms with E-state index < -0.39 is 0 Å². The van der Waals surface area contributed by atoms with E-state index in [-0.39, 0.29) is 11.7 Å². The molecule has 6 nitrogen and oxygen atoms in total. The molecular weight excluding hydrogens is 441 g/mol. The Kier molecular flexibility index (Phi) is 6.89. The molecule has 8 heteroatoms. The maximum Gasteiger partial charge on any atom is 0.258 e. The molecule has 33 heavy (non-hydrogen) atoms. The van der Waals surface area contributed by atoms with Crippen LogP contribution in [-0.2, 0) is 13.0 Å². The van der Waals surface area contributed by atoms with Gasteiger partial charge in [0.05, 0.1) is 23.5 Å². The van der Waals surface area contributed by atoms with Crippen molar-refractivity contribution in [3.63, 3.8) is 0 Å². The number of aromatic nitrogens is 4. The summed E-state index contributed by atoms with van der Waals surface area (Å²) in [4.78, 5) is 14.7. The summed E-state index contributed by atoms with van der Waals surface area (Å²) >= 11 is 6.54. The molecule has 0 spiro atoms. The first-order chi connectivity index (χ1) is 15.9. The quantitative estimate of drug-likeness (QED) is 0.392. The van der Waals surface area contributed by atoms with E-state index in [4.69, 9.17) is 11.6 Å². The molecule has 0 fully saturated rings. The number of nitrogens with zero attached hydrogens (tertiary/aromatic N) is 4. The molecule has 1 N–H and O–H groups in total. The molecule has 0 atom stereocenters. The Hall–Kier alpha value is -3.45. The van der Waals surface area contributed by atoms with Gasteiger partial charge in [0.25, 0.3) is 5.91 Å². The summed E-state index contributed by atoms with van der Waals surface area (Å²) in [6.45, 7) is 2.87. The maximum absolute atomic E-state index is 13.1. The van der Waals surface area contributed by atoms with Crippen LogP contribution in [0.3, 0.4) is 0 Å². The Bertz CT molecular complexity index is 1230. The van der Waals surface area contributed by atoms with Gasteiger partial charge in [-0.25, -0.2) is 9.07 Å². The Morgan fingerprint density at radius 2 is 1.88 bits per heavy atom. The zero-order valence-corrected chi connectivity index (χ0v) is 19.3. The highest BCUT2D eigenvalue weighted by Crippen LogP contribution is 2.23. The summed E-state index contributed by atoms with van der Waals surface area (Å²) in [5.74, 6) is -0.420. The normalized spacial score (nSPS) is 11.0. The minimum atomic E-state index is -0.275. The van der Waals surface area contributed by atoms with Gasteiger partial charge in [-0.2, -0.15) is 10.2 Å². The summed E-state index contributed by atoms with van der Waals surface area (Å²) in [5, 5.41) is 12.1. The molecule has 0 saturated heterocycles. The lowest BCUT2D eigenvalue weighted by Crippen LogP contribution is -2.28. The van der Waals surface area contributed by atoms with Crippen LogP contribution in [0.4, 0.5) is 4.39 Å². The van der Waals surface area contributed by atoms with Crippen LogP contribution >= 0.6 is 11.6 Å². The van der Waals surface area contributed by atoms with Crippen molar-refractivity contribution >= 4 is 17.5 Å². The number of hydrogen-bond donors (Lipinski definition) is 1. The second kappa shape index (κ2) is 10.0. The molecule has 0 aliphatic rings. The maximum atomic E-state index is 13.1. The van der Waals surface area contributed by atoms with Crippen LogP contribution in [0.5, 0.6) is 0 Å². The minimum Gasteiger partial charge on any atom is -0.342 e. The van der Waals surface area contributed by atoms with E-state index in [1.165, 1.54) is 12.1 Å². The number of rotatable bonds is 8. The number of hydrogen-bond acceptors (Lipinski definition) is 3. The van der Waals surface area contributed by atoms with E-state index in [1.54, 1.807) is 35.7 Å². The second-order valence-corrected chi connectivity index (χ2v) is 8.37. The molecule has 2 aromatic heterocycles. The minimum absolute atomic E-state index is 0.145. The van der Waals surface area contributed by atoms with Crippen LogP contribution in [0.25, 0.3) is 11.3 Å². The van der Waals surface area contributed by atoms with Gasteiger partial charge in [0.1, 0.15) is 11.0 Å². The van der Waals surface area contributed by atoms with E-state index in [2.05, 4.69) is 15.3 Å². The average Bonchev–Trinajstić information content (AvgIpc) is 3.38. The molecule has 170 valence electrons. The molecule has 0 radical (unpaired) electrons. The fourth-order valence-electron chi connectivity index (χ4n) is 3.71. The molecule has 4 aromatic rings. The van der Waals surface area contributed by atoms with Crippen LogP contribution in [0.2, 0.25) is 5.15 Å².